The fraction of sp³-hybridized carbons (Fsp3) is 0.250. The Balaban J connectivity index is 1.76. The van der Waals surface area contributed by atoms with Crippen molar-refractivity contribution >= 4 is 23.2 Å². The largest absolute Gasteiger partial charge is 0.326 e. The van der Waals surface area contributed by atoms with Crippen molar-refractivity contribution in [2.75, 3.05) is 5.32 Å². The summed E-state index contributed by atoms with van der Waals surface area (Å²) in [5.41, 5.74) is 4.98. The summed E-state index contributed by atoms with van der Waals surface area (Å²) in [5, 5.41) is 6.76. The summed E-state index contributed by atoms with van der Waals surface area (Å²) in [6, 6.07) is 15.3. The van der Waals surface area contributed by atoms with E-state index >= 15 is 0 Å². The number of amides is 2. The molecule has 0 saturated heterocycles. The molecule has 2 amide bonds. The van der Waals surface area contributed by atoms with Gasteiger partial charge in [0.05, 0.1) is 0 Å². The first kappa shape index (κ1) is 19.3. The number of carbonyl (C=O) groups excluding carboxylic acids is 2. The minimum atomic E-state index is -0.373. The molecule has 2 aromatic rings. The van der Waals surface area contributed by atoms with Crippen LogP contribution in [0, 0.1) is 5.82 Å². The van der Waals surface area contributed by atoms with Crippen molar-refractivity contribution in [3.63, 3.8) is 0 Å². The zero-order valence-electron chi connectivity index (χ0n) is 14.7. The molecule has 0 saturated carbocycles. The van der Waals surface area contributed by atoms with Crippen molar-refractivity contribution in [3.05, 3.63) is 66.0 Å². The Morgan fingerprint density at radius 2 is 1.62 bits per heavy atom. The lowest BCUT2D eigenvalue weighted by Gasteiger charge is -2.06. The van der Waals surface area contributed by atoms with Gasteiger partial charge < -0.3 is 5.32 Å². The second-order valence-corrected chi connectivity index (χ2v) is 5.78. The van der Waals surface area contributed by atoms with Crippen LogP contribution in [0.15, 0.2) is 59.7 Å². The molecular weight excluding hydrogens is 333 g/mol. The van der Waals surface area contributed by atoms with Crippen molar-refractivity contribution in [1.29, 1.82) is 0 Å². The number of benzene rings is 2. The third kappa shape index (κ3) is 6.84. The lowest BCUT2D eigenvalue weighted by molar-refractivity contribution is -0.124. The summed E-state index contributed by atoms with van der Waals surface area (Å²) in [6.45, 7) is 1.98. The summed E-state index contributed by atoms with van der Waals surface area (Å²) in [7, 11) is 0. The van der Waals surface area contributed by atoms with E-state index in [9.17, 15) is 14.0 Å². The van der Waals surface area contributed by atoms with Crippen LogP contribution >= 0.6 is 0 Å². The summed E-state index contributed by atoms with van der Waals surface area (Å²) in [4.78, 5) is 23.7. The fourth-order valence-electron chi connectivity index (χ4n) is 2.26. The van der Waals surface area contributed by atoms with Gasteiger partial charge >= 0.3 is 0 Å². The summed E-state index contributed by atoms with van der Waals surface area (Å²) < 4.78 is 12.8. The van der Waals surface area contributed by atoms with E-state index in [1.165, 1.54) is 24.3 Å². The van der Waals surface area contributed by atoms with Crippen LogP contribution in [0.5, 0.6) is 0 Å². The Morgan fingerprint density at radius 3 is 2.27 bits per heavy atom. The van der Waals surface area contributed by atoms with Crippen LogP contribution < -0.4 is 10.7 Å². The Bertz CT molecular complexity index is 758. The molecule has 0 atom stereocenters. The number of halogens is 1. The minimum Gasteiger partial charge on any atom is -0.326 e. The number of nitrogens with one attached hydrogen (secondary N) is 2. The average Bonchev–Trinajstić information content (AvgIpc) is 2.66. The molecule has 136 valence electrons. The predicted molar refractivity (Wildman–Crippen MR) is 100 cm³/mol. The maximum absolute atomic E-state index is 12.8. The number of hydrogen-bond acceptors (Lipinski definition) is 3. The molecule has 0 aliphatic rings. The number of carbonyl (C=O) groups is 2. The minimum absolute atomic E-state index is 0.0266. The van der Waals surface area contributed by atoms with Gasteiger partial charge in [-0.3, -0.25) is 9.59 Å². The monoisotopic (exact) mass is 355 g/mol. The lowest BCUT2D eigenvalue weighted by Crippen LogP contribution is -2.22. The molecule has 0 heterocycles. The number of hydrogen-bond donors (Lipinski definition) is 2. The second-order valence-electron chi connectivity index (χ2n) is 5.78. The third-order valence-corrected chi connectivity index (χ3v) is 3.70. The van der Waals surface area contributed by atoms with Crippen LogP contribution in [0.25, 0.3) is 0 Å². The Hall–Kier alpha value is -3.02. The van der Waals surface area contributed by atoms with Gasteiger partial charge in [-0.25, -0.2) is 9.82 Å². The van der Waals surface area contributed by atoms with Gasteiger partial charge in [0.2, 0.25) is 11.8 Å². The van der Waals surface area contributed by atoms with Gasteiger partial charge in [-0.2, -0.15) is 5.10 Å². The fourth-order valence-corrected chi connectivity index (χ4v) is 2.26. The molecule has 0 aromatic heterocycles. The first-order valence-electron chi connectivity index (χ1n) is 8.50. The van der Waals surface area contributed by atoms with Crippen LogP contribution in [0.3, 0.4) is 0 Å². The number of rotatable bonds is 8. The first-order valence-corrected chi connectivity index (χ1v) is 8.50. The van der Waals surface area contributed by atoms with Crippen LogP contribution in [0.4, 0.5) is 10.1 Å². The first-order chi connectivity index (χ1) is 12.6. The SMILES string of the molecule is CC/C(Cc1ccccc1)=N\NC(=O)CCC(=O)Nc1ccc(F)cc1. The normalized spacial score (nSPS) is 11.1. The van der Waals surface area contributed by atoms with Crippen molar-refractivity contribution in [2.45, 2.75) is 32.6 Å². The van der Waals surface area contributed by atoms with E-state index < -0.39 is 0 Å². The molecule has 0 unspecified atom stereocenters. The van der Waals surface area contributed by atoms with E-state index in [1.54, 1.807) is 0 Å². The van der Waals surface area contributed by atoms with Crippen molar-refractivity contribution in [1.82, 2.24) is 5.43 Å². The topological polar surface area (TPSA) is 70.6 Å². The molecule has 0 aliphatic heterocycles. The van der Waals surface area contributed by atoms with Gasteiger partial charge in [0.25, 0.3) is 0 Å². The summed E-state index contributed by atoms with van der Waals surface area (Å²) in [6.07, 6.45) is 1.45. The highest BCUT2D eigenvalue weighted by atomic mass is 19.1. The zero-order valence-corrected chi connectivity index (χ0v) is 14.7. The molecule has 2 N–H and O–H groups in total. The van der Waals surface area contributed by atoms with Gasteiger partial charge in [0.1, 0.15) is 5.82 Å². The van der Waals surface area contributed by atoms with Crippen LogP contribution in [0.1, 0.15) is 31.7 Å². The maximum Gasteiger partial charge on any atom is 0.240 e. The van der Waals surface area contributed by atoms with Gasteiger partial charge in [0.15, 0.2) is 0 Å². The smallest absolute Gasteiger partial charge is 0.240 e. The quantitative estimate of drug-likeness (QED) is 0.560. The van der Waals surface area contributed by atoms with Crippen molar-refractivity contribution in [2.24, 2.45) is 5.10 Å². The highest BCUT2D eigenvalue weighted by molar-refractivity contribution is 5.93. The molecule has 2 aromatic carbocycles. The van der Waals surface area contributed by atoms with Crippen LogP contribution in [-0.2, 0) is 16.0 Å². The molecule has 0 radical (unpaired) electrons. The van der Waals surface area contributed by atoms with Crippen molar-refractivity contribution in [3.8, 4) is 0 Å². The lowest BCUT2D eigenvalue weighted by atomic mass is 10.1. The highest BCUT2D eigenvalue weighted by Crippen LogP contribution is 2.09. The average molecular weight is 355 g/mol. The van der Waals surface area contributed by atoms with E-state index in [-0.39, 0.29) is 30.5 Å². The molecule has 6 heteroatoms. The number of hydrazone groups is 1. The second kappa shape index (κ2) is 10.1. The Labute approximate surface area is 152 Å². The predicted octanol–water partition coefficient (Wildman–Crippen LogP) is 3.67. The van der Waals surface area contributed by atoms with E-state index in [4.69, 9.17) is 0 Å². The summed E-state index contributed by atoms with van der Waals surface area (Å²) >= 11 is 0. The zero-order chi connectivity index (χ0) is 18.8. The highest BCUT2D eigenvalue weighted by Gasteiger charge is 2.08. The Morgan fingerprint density at radius 1 is 0.962 bits per heavy atom. The summed E-state index contributed by atoms with van der Waals surface area (Å²) in [5.74, 6) is -1.00. The molecule has 0 aliphatic carbocycles. The molecule has 2 rings (SSSR count). The number of nitrogens with zero attached hydrogens (tertiary/aromatic N) is 1. The molecule has 0 bridgehead atoms. The molecule has 26 heavy (non-hydrogen) atoms. The molecule has 5 nitrogen and oxygen atoms in total. The van der Waals surface area contributed by atoms with Crippen LogP contribution in [0.2, 0.25) is 0 Å². The number of anilines is 1. The van der Waals surface area contributed by atoms with E-state index in [1.807, 2.05) is 37.3 Å². The molecule has 0 fully saturated rings. The third-order valence-electron chi connectivity index (χ3n) is 3.70. The van der Waals surface area contributed by atoms with Gasteiger partial charge in [-0.1, -0.05) is 37.3 Å². The maximum atomic E-state index is 12.8. The van der Waals surface area contributed by atoms with E-state index in [2.05, 4.69) is 15.8 Å². The van der Waals surface area contributed by atoms with E-state index in [0.717, 1.165) is 17.7 Å². The van der Waals surface area contributed by atoms with E-state index in [0.29, 0.717) is 12.1 Å². The van der Waals surface area contributed by atoms with Crippen molar-refractivity contribution < 1.29 is 14.0 Å². The molecular formula is C20H22FN3O2. The molecule has 0 spiro atoms. The van der Waals surface area contributed by atoms with Gasteiger partial charge in [0, 0.05) is 30.7 Å². The standard InChI is InChI=1S/C20H22FN3O2/c1-2-17(14-15-6-4-3-5-7-15)23-24-20(26)13-12-19(25)22-18-10-8-16(21)9-11-18/h3-11H,2,12-14H2,1H3,(H,22,25)(H,24,26)/b23-17+. The van der Waals surface area contributed by atoms with Gasteiger partial charge in [-0.05, 0) is 36.2 Å². The van der Waals surface area contributed by atoms with Gasteiger partial charge in [-0.15, -0.1) is 0 Å². The Kier molecular flexibility index (Phi) is 7.49. The van der Waals surface area contributed by atoms with Crippen LogP contribution in [-0.4, -0.2) is 17.5 Å².